The zero-order chi connectivity index (χ0) is 93.3. The number of halogens is 3. The first-order valence-electron chi connectivity index (χ1n) is 42.7. The fourth-order valence-electron chi connectivity index (χ4n) is 9.08. The van der Waals surface area contributed by atoms with Crippen molar-refractivity contribution in [3.63, 3.8) is 0 Å². The van der Waals surface area contributed by atoms with Crippen LogP contribution < -0.4 is 19.1 Å². The van der Waals surface area contributed by atoms with Crippen molar-refractivity contribution in [2.75, 3.05) is 24.8 Å². The molecule has 123 heavy (non-hydrogen) atoms. The lowest BCUT2D eigenvalue weighted by molar-refractivity contribution is 0.00175. The Hall–Kier alpha value is -9.91. The molecule has 2 aliphatic heterocycles. The highest BCUT2D eigenvalue weighted by Crippen LogP contribution is 2.34. The lowest BCUT2D eigenvalue weighted by Gasteiger charge is -2.32. The van der Waals surface area contributed by atoms with Crippen molar-refractivity contribution in [1.82, 2.24) is 0 Å². The lowest BCUT2D eigenvalue weighted by Crippen LogP contribution is -2.32. The molecule has 0 bridgehead atoms. The molecular formula is C112H156F3NO7. The van der Waals surface area contributed by atoms with Crippen molar-refractivity contribution < 1.29 is 46.3 Å². The van der Waals surface area contributed by atoms with Crippen LogP contribution in [0.4, 0.5) is 18.9 Å². The minimum absolute atomic E-state index is 0.171. The Morgan fingerprint density at radius 1 is 0.415 bits per heavy atom. The minimum Gasteiger partial charge on any atom is -0.489 e. The molecule has 0 amide bonds. The molecule has 0 aromatic heterocycles. The maximum absolute atomic E-state index is 11.9. The molecule has 672 valence electrons. The molecule has 2 aliphatic rings. The molecule has 8 nitrogen and oxygen atoms in total. The van der Waals surface area contributed by atoms with Gasteiger partial charge in [0.1, 0.15) is 36.1 Å². The Morgan fingerprint density at radius 3 is 1.03 bits per heavy atom. The van der Waals surface area contributed by atoms with E-state index < -0.39 is 17.7 Å². The molecule has 0 radical (unpaired) electrons. The summed E-state index contributed by atoms with van der Waals surface area (Å²) in [6.45, 7) is 84.3. The van der Waals surface area contributed by atoms with Gasteiger partial charge in [-0.05, 0) is 170 Å². The van der Waals surface area contributed by atoms with Gasteiger partial charge in [-0.25, -0.2) is 0 Å². The van der Waals surface area contributed by atoms with Gasteiger partial charge in [-0.3, -0.25) is 0 Å². The summed E-state index contributed by atoms with van der Waals surface area (Å²) >= 11 is 0. The third-order valence-corrected chi connectivity index (χ3v) is 16.3. The average Bonchev–Trinajstić information content (AvgIpc) is 1.40. The van der Waals surface area contributed by atoms with Gasteiger partial charge in [0.05, 0.1) is 39.1 Å². The Bertz CT molecular complexity index is 4220. The van der Waals surface area contributed by atoms with Crippen molar-refractivity contribution >= 4 is 30.0 Å². The molecule has 1 atom stereocenters. The highest BCUT2D eigenvalue weighted by Gasteiger charge is 2.35. The highest BCUT2D eigenvalue weighted by atomic mass is 19.3. The van der Waals surface area contributed by atoms with Gasteiger partial charge < -0.3 is 38.1 Å². The zero-order valence-electron chi connectivity index (χ0n) is 80.7. The van der Waals surface area contributed by atoms with E-state index in [1.165, 1.54) is 65.4 Å². The van der Waals surface area contributed by atoms with E-state index >= 15 is 0 Å². The largest absolute Gasteiger partial charge is 0.489 e. The van der Waals surface area contributed by atoms with Gasteiger partial charge in [0.15, 0.2) is 6.73 Å². The second-order valence-corrected chi connectivity index (χ2v) is 40.4. The van der Waals surface area contributed by atoms with E-state index in [9.17, 15) is 13.2 Å². The number of ether oxygens (including phenoxy) is 7. The van der Waals surface area contributed by atoms with Crippen LogP contribution in [0.1, 0.15) is 255 Å². The number of epoxide rings is 1. The van der Waals surface area contributed by atoms with Crippen molar-refractivity contribution in [1.29, 1.82) is 0 Å². The summed E-state index contributed by atoms with van der Waals surface area (Å²) in [5, 5.41) is 0. The highest BCUT2D eigenvalue weighted by molar-refractivity contribution is 5.52. The summed E-state index contributed by atoms with van der Waals surface area (Å²) in [6, 6.07) is 78.0. The number of nitrogens with zero attached hydrogens (tertiary/aromatic N) is 1. The number of anilines is 1. The molecule has 11 heteroatoms. The van der Waals surface area contributed by atoms with Gasteiger partial charge in [0.25, 0.3) is 0 Å². The van der Waals surface area contributed by atoms with E-state index in [1.807, 2.05) is 146 Å². The second kappa shape index (κ2) is 56.1. The van der Waals surface area contributed by atoms with E-state index in [4.69, 9.17) is 28.4 Å². The quantitative estimate of drug-likeness (QED) is 0.0451. The summed E-state index contributed by atoms with van der Waals surface area (Å²) in [4.78, 5) is 2.26. The molecule has 2 heterocycles. The van der Waals surface area contributed by atoms with Crippen LogP contribution in [0, 0.1) is 32.5 Å². The van der Waals surface area contributed by atoms with Gasteiger partial charge in [-0.1, -0.05) is 417 Å². The fourth-order valence-corrected chi connectivity index (χ4v) is 9.08. The standard InChI is InChI=1S/C18H21NO.C16H16O.2C15H14O.C14H20O.C7H14.C6H9F3O.C6H12O.3C5H12/c1-18(2,3)15-9-10-17-14(11-15)12-19(13-20-17)16-7-5-4-6-8-16;1-2-14-8-10-16(11-9-14)13-17-12-15-6-4-3-5-7-15;1-2-13-8-10-14(11-9-13)12-16-15-6-4-3-5-7-15;1-2-13-8-10-15(11-9-13)16-12-14-6-4-3-5-7-14;1-5-12-6-8-13(9-7-12)10-15-11-14(2,3)4;1-6(2)7(3,4)5;1-6(2,3)10-5(9)4(7)8;1-6(2,3)5-4-7-5;3*1-5(2,3)4/h4-11H,12-13H2,1-3H3;2-11H,1,12-13H2;2*2-11H,1,12H2;5-9H,1,10-11H2,2-4H3;1H2,2-5H3;1-3H3;5H,4H2,1-3H3;3*1-4H3. The summed E-state index contributed by atoms with van der Waals surface area (Å²) < 4.78 is 72.3. The minimum atomic E-state index is -2.42. The van der Waals surface area contributed by atoms with Gasteiger partial charge in [0.2, 0.25) is 0 Å². The molecule has 1 saturated heterocycles. The number of hydrogen-bond acceptors (Lipinski definition) is 8. The SMILES string of the molecule is C=C(C)C(C)(C)C.C=Cc1ccc(COCC(C)(C)C)cc1.C=Cc1ccc(COCc2ccccc2)cc1.C=Cc1ccc(COc2ccccc2)cc1.C=Cc1ccc(OCc2ccccc2)cc1.CC(C)(C)C.CC(C)(C)C.CC(C)(C)C.CC(C)(C)C1CO1.CC(C)(C)OC(F)=C(F)F.CC(C)(C)c1ccc2c(c1)CN(c1ccccc1)CO2. The van der Waals surface area contributed by atoms with Gasteiger partial charge >= 0.3 is 12.1 Å². The number of benzene rings is 9. The zero-order valence-corrected chi connectivity index (χ0v) is 80.7. The molecule has 1 fully saturated rings. The van der Waals surface area contributed by atoms with Crippen molar-refractivity contribution in [2.45, 2.75) is 251 Å². The van der Waals surface area contributed by atoms with Crippen LogP contribution in [0.5, 0.6) is 17.2 Å². The smallest absolute Gasteiger partial charge is 0.342 e. The number of allylic oxidation sites excluding steroid dienone is 1. The summed E-state index contributed by atoms with van der Waals surface area (Å²) in [7, 11) is 0. The lowest BCUT2D eigenvalue weighted by atomic mass is 9.86. The first kappa shape index (κ1) is 111. The number of hydrogen-bond donors (Lipinski definition) is 0. The van der Waals surface area contributed by atoms with Crippen molar-refractivity contribution in [2.24, 2.45) is 32.5 Å². The Morgan fingerprint density at radius 2 is 0.732 bits per heavy atom. The van der Waals surface area contributed by atoms with Crippen LogP contribution >= 0.6 is 0 Å². The van der Waals surface area contributed by atoms with Crippen molar-refractivity contribution in [3.05, 3.63) is 348 Å². The Balaban J connectivity index is 0.000000697. The maximum Gasteiger partial charge on any atom is 0.342 e. The monoisotopic (exact) mass is 1680 g/mol. The number of rotatable bonds is 19. The normalized spacial score (nSPS) is 12.4. The van der Waals surface area contributed by atoms with Crippen LogP contribution in [0.15, 0.2) is 287 Å². The molecular weight excluding hydrogens is 1530 g/mol. The molecule has 0 saturated carbocycles. The van der Waals surface area contributed by atoms with Crippen LogP contribution in [-0.4, -0.2) is 31.6 Å². The van der Waals surface area contributed by atoms with Gasteiger partial charge in [0, 0.05) is 17.8 Å². The number of fused-ring (bicyclic) bond motifs is 1. The third-order valence-electron chi connectivity index (χ3n) is 16.3. The van der Waals surface area contributed by atoms with E-state index in [-0.39, 0.29) is 10.8 Å². The van der Waals surface area contributed by atoms with E-state index in [2.05, 4.69) is 331 Å². The fraction of sp³-hybridized carbons (Fsp3) is 0.411. The Kier molecular flexibility index (Phi) is 50.6. The summed E-state index contributed by atoms with van der Waals surface area (Å²) in [6.07, 6.45) is 5.47. The van der Waals surface area contributed by atoms with Gasteiger partial charge in [-0.2, -0.15) is 13.2 Å². The van der Waals surface area contributed by atoms with Gasteiger partial charge in [-0.15, -0.1) is 0 Å². The molecule has 1 unspecified atom stereocenters. The van der Waals surface area contributed by atoms with E-state index in [0.29, 0.717) is 72.9 Å². The van der Waals surface area contributed by atoms with Crippen LogP contribution in [-0.2, 0) is 63.9 Å². The third kappa shape index (κ3) is 61.1. The molecule has 0 aliphatic carbocycles. The number of para-hydroxylation sites is 2. The first-order chi connectivity index (χ1) is 57.1. The second-order valence-electron chi connectivity index (χ2n) is 40.4. The van der Waals surface area contributed by atoms with Crippen LogP contribution in [0.2, 0.25) is 0 Å². The molecule has 0 N–H and O–H groups in total. The first-order valence-corrected chi connectivity index (χ1v) is 42.7. The average molecular weight is 1690 g/mol. The maximum atomic E-state index is 11.9. The van der Waals surface area contributed by atoms with Crippen LogP contribution in [0.3, 0.4) is 0 Å². The predicted molar refractivity (Wildman–Crippen MR) is 525 cm³/mol. The summed E-state index contributed by atoms with van der Waals surface area (Å²) in [5.74, 6) is 2.80. The molecule has 9 aromatic carbocycles. The molecule has 9 aromatic rings. The topological polar surface area (TPSA) is 71.2 Å². The van der Waals surface area contributed by atoms with Crippen LogP contribution in [0.25, 0.3) is 24.3 Å². The summed E-state index contributed by atoms with van der Waals surface area (Å²) in [5.41, 5.74) is 17.2. The molecule has 0 spiro atoms. The van der Waals surface area contributed by atoms with E-state index in [0.717, 1.165) is 64.8 Å². The van der Waals surface area contributed by atoms with E-state index in [1.54, 1.807) is 0 Å². The predicted octanol–water partition coefficient (Wildman–Crippen LogP) is 33.1. The molecule has 11 rings (SSSR count). The van der Waals surface area contributed by atoms with Crippen molar-refractivity contribution in [3.8, 4) is 17.2 Å². The Labute approximate surface area is 745 Å².